The molecular formula is C9H17NO2Si. The molecule has 0 aliphatic carbocycles. The van der Waals surface area contributed by atoms with Crippen molar-refractivity contribution in [3.05, 3.63) is 0 Å². The van der Waals surface area contributed by atoms with Crippen molar-refractivity contribution in [2.24, 2.45) is 5.41 Å². The summed E-state index contributed by atoms with van der Waals surface area (Å²) in [5, 5.41) is 8.28. The van der Waals surface area contributed by atoms with Crippen LogP contribution in [0.3, 0.4) is 0 Å². The molecule has 0 aromatic rings. The molecule has 0 N–H and O–H groups in total. The van der Waals surface area contributed by atoms with Gasteiger partial charge in [-0.05, 0) is 20.8 Å². The van der Waals surface area contributed by atoms with Crippen LogP contribution >= 0.6 is 0 Å². The van der Waals surface area contributed by atoms with E-state index in [1.807, 2.05) is 0 Å². The molecule has 0 aromatic carbocycles. The average molecular weight is 199 g/mol. The van der Waals surface area contributed by atoms with E-state index in [2.05, 4.69) is 6.07 Å². The summed E-state index contributed by atoms with van der Waals surface area (Å²) in [6, 6.07) is 2.15. The first-order valence-corrected chi connectivity index (χ1v) is 5.38. The molecule has 0 fully saturated rings. The maximum atomic E-state index is 11.5. The summed E-state index contributed by atoms with van der Waals surface area (Å²) in [6.07, 6.45) is 0. The van der Waals surface area contributed by atoms with Crippen molar-refractivity contribution in [1.29, 1.82) is 5.26 Å². The molecule has 0 rings (SSSR count). The highest BCUT2D eigenvalue weighted by atomic mass is 28.1. The van der Waals surface area contributed by atoms with Gasteiger partial charge in [0.2, 0.25) is 0 Å². The van der Waals surface area contributed by atoms with Gasteiger partial charge in [-0.1, -0.05) is 6.92 Å². The molecule has 0 amide bonds. The lowest BCUT2D eigenvalue weighted by Crippen LogP contribution is -2.36. The van der Waals surface area contributed by atoms with Crippen molar-refractivity contribution in [2.75, 3.05) is 6.61 Å². The summed E-state index contributed by atoms with van der Waals surface area (Å²) in [7, 11) is 0.617. The maximum Gasteiger partial charge on any atom is 0.309 e. The Morgan fingerprint density at radius 1 is 1.54 bits per heavy atom. The first-order chi connectivity index (χ1) is 5.79. The molecule has 0 bridgehead atoms. The number of nitrogens with zero attached hydrogens (tertiary/aromatic N) is 1. The maximum absolute atomic E-state index is 11.5. The number of carbonyl (C=O) groups is 1. The van der Waals surface area contributed by atoms with Gasteiger partial charge in [0.15, 0.2) is 0 Å². The van der Waals surface area contributed by atoms with Crippen LogP contribution in [0.2, 0.25) is 5.04 Å². The van der Waals surface area contributed by atoms with Crippen molar-refractivity contribution in [3.63, 3.8) is 0 Å². The molecule has 0 aliphatic heterocycles. The molecule has 1 unspecified atom stereocenters. The third-order valence-electron chi connectivity index (χ3n) is 2.63. The Morgan fingerprint density at radius 2 is 2.00 bits per heavy atom. The number of esters is 1. The van der Waals surface area contributed by atoms with Crippen molar-refractivity contribution >= 4 is 16.2 Å². The highest BCUT2D eigenvalue weighted by Gasteiger charge is 2.44. The molecule has 0 aliphatic rings. The lowest BCUT2D eigenvalue weighted by atomic mass is 9.80. The molecule has 3 nitrogen and oxygen atoms in total. The van der Waals surface area contributed by atoms with Crippen LogP contribution in [0, 0.1) is 16.7 Å². The molecule has 4 heteroatoms. The molecule has 0 radical (unpaired) electrons. The summed E-state index contributed by atoms with van der Waals surface area (Å²) < 4.78 is 4.94. The van der Waals surface area contributed by atoms with E-state index >= 15 is 0 Å². The van der Waals surface area contributed by atoms with E-state index < -0.39 is 10.5 Å². The predicted molar refractivity (Wildman–Crippen MR) is 54.3 cm³/mol. The van der Waals surface area contributed by atoms with Gasteiger partial charge < -0.3 is 4.74 Å². The molecule has 0 saturated carbocycles. The van der Waals surface area contributed by atoms with Gasteiger partial charge in [0.05, 0.1) is 23.1 Å². The predicted octanol–water partition coefficient (Wildman–Crippen LogP) is 0.643. The minimum Gasteiger partial charge on any atom is -0.466 e. The fraction of sp³-hybridized carbons (Fsp3) is 0.778. The second kappa shape index (κ2) is 3.92. The summed E-state index contributed by atoms with van der Waals surface area (Å²) in [5.74, 6) is -0.256. The Kier molecular flexibility index (Phi) is 3.67. The van der Waals surface area contributed by atoms with Gasteiger partial charge in [0.25, 0.3) is 0 Å². The van der Waals surface area contributed by atoms with E-state index in [9.17, 15) is 4.79 Å². The lowest BCUT2D eigenvalue weighted by Gasteiger charge is -2.33. The van der Waals surface area contributed by atoms with E-state index in [0.29, 0.717) is 16.8 Å². The zero-order valence-electron chi connectivity index (χ0n) is 8.97. The number of hydrogen-bond donors (Lipinski definition) is 0. The second-order valence-electron chi connectivity index (χ2n) is 4.08. The lowest BCUT2D eigenvalue weighted by molar-refractivity contribution is -0.148. The van der Waals surface area contributed by atoms with Gasteiger partial charge in [0.1, 0.15) is 0 Å². The van der Waals surface area contributed by atoms with Crippen LogP contribution in [0.4, 0.5) is 0 Å². The third-order valence-corrected chi connectivity index (χ3v) is 4.29. The van der Waals surface area contributed by atoms with E-state index in [-0.39, 0.29) is 5.97 Å². The number of rotatable bonds is 3. The molecular weight excluding hydrogens is 182 g/mol. The van der Waals surface area contributed by atoms with Crippen LogP contribution in [0.25, 0.3) is 0 Å². The van der Waals surface area contributed by atoms with Gasteiger partial charge in [-0.2, -0.15) is 5.26 Å². The molecule has 0 saturated heterocycles. The Labute approximate surface area is 82.5 Å². The molecule has 0 spiro atoms. The minimum absolute atomic E-state index is 0.256. The number of carbonyl (C=O) groups excluding carboxylic acids is 1. The third kappa shape index (κ3) is 2.31. The van der Waals surface area contributed by atoms with Crippen LogP contribution in [-0.4, -0.2) is 22.8 Å². The first kappa shape index (κ1) is 12.2. The summed E-state index contributed by atoms with van der Waals surface area (Å²) in [5.41, 5.74) is -0.647. The van der Waals surface area contributed by atoms with Gasteiger partial charge in [-0.25, -0.2) is 0 Å². The van der Waals surface area contributed by atoms with Crippen molar-refractivity contribution < 1.29 is 9.53 Å². The largest absolute Gasteiger partial charge is 0.466 e. The van der Waals surface area contributed by atoms with Crippen LogP contribution in [0.15, 0.2) is 0 Å². The fourth-order valence-electron chi connectivity index (χ4n) is 0.706. The zero-order chi connectivity index (χ0) is 10.7. The van der Waals surface area contributed by atoms with Crippen LogP contribution in [-0.2, 0) is 9.53 Å². The van der Waals surface area contributed by atoms with E-state index in [1.165, 1.54) is 0 Å². The SMILES string of the molecule is CCOC(=O)C(C)([SiH3])C(C)(C)C#N. The van der Waals surface area contributed by atoms with E-state index in [0.717, 1.165) is 0 Å². The van der Waals surface area contributed by atoms with Crippen LogP contribution in [0.1, 0.15) is 27.7 Å². The molecule has 0 heterocycles. The normalized spacial score (nSPS) is 15.9. The number of ether oxygens (including phenoxy) is 1. The summed E-state index contributed by atoms with van der Waals surface area (Å²) >= 11 is 0. The second-order valence-corrected chi connectivity index (χ2v) is 6.08. The standard InChI is InChI=1S/C9H17NO2Si/c1-5-12-7(11)9(4,13)8(2,3)6-10/h5H2,1-4,13H3. The van der Waals surface area contributed by atoms with Gasteiger partial charge >= 0.3 is 5.97 Å². The molecule has 1 atom stereocenters. The van der Waals surface area contributed by atoms with Gasteiger partial charge in [-0.3, -0.25) is 4.79 Å². The van der Waals surface area contributed by atoms with Crippen molar-refractivity contribution in [3.8, 4) is 6.07 Å². The molecule has 0 aromatic heterocycles. The number of hydrogen-bond acceptors (Lipinski definition) is 3. The Morgan fingerprint density at radius 3 is 2.31 bits per heavy atom. The Hall–Kier alpha value is -0.823. The quantitative estimate of drug-likeness (QED) is 0.495. The Balaban J connectivity index is 4.77. The average Bonchev–Trinajstić information content (AvgIpc) is 2.04. The first-order valence-electron chi connectivity index (χ1n) is 4.38. The highest BCUT2D eigenvalue weighted by molar-refractivity contribution is 6.27. The monoisotopic (exact) mass is 199 g/mol. The summed E-state index contributed by atoms with van der Waals surface area (Å²) in [4.78, 5) is 11.5. The highest BCUT2D eigenvalue weighted by Crippen LogP contribution is 2.42. The summed E-state index contributed by atoms with van der Waals surface area (Å²) in [6.45, 7) is 7.49. The van der Waals surface area contributed by atoms with E-state index in [1.54, 1.807) is 27.7 Å². The van der Waals surface area contributed by atoms with Crippen molar-refractivity contribution in [2.45, 2.75) is 32.7 Å². The van der Waals surface area contributed by atoms with Crippen LogP contribution < -0.4 is 0 Å². The van der Waals surface area contributed by atoms with Crippen LogP contribution in [0.5, 0.6) is 0 Å². The van der Waals surface area contributed by atoms with Gasteiger partial charge in [-0.15, -0.1) is 0 Å². The minimum atomic E-state index is -0.647. The Bertz CT molecular complexity index is 240. The fourth-order valence-corrected chi connectivity index (χ4v) is 0.963. The molecule has 13 heavy (non-hydrogen) atoms. The topological polar surface area (TPSA) is 50.1 Å². The van der Waals surface area contributed by atoms with E-state index in [4.69, 9.17) is 10.00 Å². The zero-order valence-corrected chi connectivity index (χ0v) is 11.0. The van der Waals surface area contributed by atoms with Crippen molar-refractivity contribution in [1.82, 2.24) is 0 Å². The molecule has 74 valence electrons. The van der Waals surface area contributed by atoms with Gasteiger partial charge in [0, 0.05) is 10.2 Å². The number of nitriles is 1. The smallest absolute Gasteiger partial charge is 0.309 e.